The van der Waals surface area contributed by atoms with E-state index in [-0.39, 0.29) is 11.8 Å². The van der Waals surface area contributed by atoms with E-state index in [9.17, 15) is 19.5 Å². The summed E-state index contributed by atoms with van der Waals surface area (Å²) in [6.07, 6.45) is 1.30. The van der Waals surface area contributed by atoms with Gasteiger partial charge in [-0.05, 0) is 36.0 Å². The van der Waals surface area contributed by atoms with E-state index >= 15 is 0 Å². The SMILES string of the molecule is CC(C)[C@H](O)C(=O)NC1(C(=O)NC2C(=O)N(C)c3ccccc3-c3ccccc32)CCCC1. The average molecular weight is 450 g/mol. The van der Waals surface area contributed by atoms with Crippen LogP contribution in [0.15, 0.2) is 48.5 Å². The number of hydrogen-bond donors (Lipinski definition) is 3. The van der Waals surface area contributed by atoms with Gasteiger partial charge in [-0.3, -0.25) is 14.4 Å². The van der Waals surface area contributed by atoms with Gasteiger partial charge in [0, 0.05) is 12.6 Å². The van der Waals surface area contributed by atoms with Crippen molar-refractivity contribution in [3.63, 3.8) is 0 Å². The lowest BCUT2D eigenvalue weighted by atomic mass is 9.92. The highest BCUT2D eigenvalue weighted by Crippen LogP contribution is 2.40. The number of nitrogens with zero attached hydrogens (tertiary/aromatic N) is 1. The molecular weight excluding hydrogens is 418 g/mol. The van der Waals surface area contributed by atoms with Crippen LogP contribution in [0.4, 0.5) is 5.69 Å². The maximum absolute atomic E-state index is 13.6. The van der Waals surface area contributed by atoms with E-state index in [1.54, 1.807) is 25.8 Å². The summed E-state index contributed by atoms with van der Waals surface area (Å²) < 4.78 is 0. The Kier molecular flexibility index (Phi) is 6.26. The first-order chi connectivity index (χ1) is 15.7. The van der Waals surface area contributed by atoms with Crippen LogP contribution in [-0.4, -0.2) is 41.5 Å². The fourth-order valence-corrected chi connectivity index (χ4v) is 4.84. The van der Waals surface area contributed by atoms with E-state index in [0.29, 0.717) is 18.4 Å². The summed E-state index contributed by atoms with van der Waals surface area (Å²) in [6, 6.07) is 14.3. The standard InChI is InChI=1S/C26H31N3O4/c1-16(2)22(30)23(31)28-26(14-8-9-15-26)25(33)27-21-19-12-5-4-10-17(19)18-11-6-7-13-20(18)29(3)24(21)32/h4-7,10-13,16,21-22,30H,8-9,14-15H2,1-3H3,(H,27,33)(H,28,31)/t21?,22-/m0/s1. The van der Waals surface area contributed by atoms with Crippen molar-refractivity contribution in [1.29, 1.82) is 0 Å². The van der Waals surface area contributed by atoms with Crippen LogP contribution in [0.1, 0.15) is 51.1 Å². The van der Waals surface area contributed by atoms with E-state index < -0.39 is 29.5 Å². The van der Waals surface area contributed by atoms with E-state index in [1.807, 2.05) is 48.5 Å². The average Bonchev–Trinajstić information content (AvgIpc) is 3.27. The molecule has 3 amide bonds. The molecule has 2 atom stereocenters. The van der Waals surface area contributed by atoms with E-state index in [2.05, 4.69) is 10.6 Å². The van der Waals surface area contributed by atoms with Crippen LogP contribution in [0.2, 0.25) is 0 Å². The van der Waals surface area contributed by atoms with Crippen molar-refractivity contribution in [2.24, 2.45) is 5.92 Å². The molecule has 0 spiro atoms. The summed E-state index contributed by atoms with van der Waals surface area (Å²) in [4.78, 5) is 41.4. The van der Waals surface area contributed by atoms with Gasteiger partial charge in [0.05, 0.1) is 5.69 Å². The number of nitrogens with one attached hydrogen (secondary N) is 2. The van der Waals surface area contributed by atoms with Crippen molar-refractivity contribution in [2.45, 2.75) is 57.2 Å². The molecule has 0 radical (unpaired) electrons. The number of benzene rings is 2. The maximum atomic E-state index is 13.6. The second-order valence-electron chi connectivity index (χ2n) is 9.38. The first kappa shape index (κ1) is 23.0. The minimum Gasteiger partial charge on any atom is -0.383 e. The van der Waals surface area contributed by atoms with Gasteiger partial charge < -0.3 is 20.6 Å². The Bertz CT molecular complexity index is 1070. The summed E-state index contributed by atoms with van der Waals surface area (Å²) in [5, 5.41) is 16.0. The van der Waals surface area contributed by atoms with E-state index in [0.717, 1.165) is 29.7 Å². The second kappa shape index (κ2) is 8.98. The van der Waals surface area contributed by atoms with Gasteiger partial charge in [0.15, 0.2) is 0 Å². The molecule has 33 heavy (non-hydrogen) atoms. The number of likely N-dealkylation sites (N-methyl/N-ethyl adjacent to an activating group) is 1. The molecule has 0 bridgehead atoms. The summed E-state index contributed by atoms with van der Waals surface area (Å²) in [6.45, 7) is 3.50. The molecule has 1 aliphatic carbocycles. The number of hydrogen-bond acceptors (Lipinski definition) is 4. The van der Waals surface area contributed by atoms with Gasteiger partial charge in [-0.15, -0.1) is 0 Å². The van der Waals surface area contributed by atoms with Crippen molar-refractivity contribution in [2.75, 3.05) is 11.9 Å². The van der Waals surface area contributed by atoms with Crippen LogP contribution < -0.4 is 15.5 Å². The van der Waals surface area contributed by atoms with Crippen LogP contribution in [-0.2, 0) is 14.4 Å². The molecule has 0 saturated heterocycles. The molecule has 1 unspecified atom stereocenters. The Morgan fingerprint density at radius 2 is 1.64 bits per heavy atom. The Morgan fingerprint density at radius 3 is 2.30 bits per heavy atom. The number of anilines is 1. The molecule has 2 aromatic rings. The number of carbonyl (C=O) groups is 3. The molecule has 1 fully saturated rings. The lowest BCUT2D eigenvalue weighted by Gasteiger charge is -2.33. The van der Waals surface area contributed by atoms with Gasteiger partial charge in [-0.1, -0.05) is 69.2 Å². The lowest BCUT2D eigenvalue weighted by molar-refractivity contribution is -0.140. The molecule has 1 heterocycles. The minimum absolute atomic E-state index is 0.248. The van der Waals surface area contributed by atoms with Crippen LogP contribution in [0.3, 0.4) is 0 Å². The lowest BCUT2D eigenvalue weighted by Crippen LogP contribution is -2.60. The van der Waals surface area contributed by atoms with Crippen LogP contribution in [0.5, 0.6) is 0 Å². The molecule has 0 aromatic heterocycles. The minimum atomic E-state index is -1.20. The summed E-state index contributed by atoms with van der Waals surface area (Å²) in [5.74, 6) is -1.47. The van der Waals surface area contributed by atoms with Gasteiger partial charge in [0.1, 0.15) is 17.7 Å². The van der Waals surface area contributed by atoms with Crippen molar-refractivity contribution in [3.8, 4) is 11.1 Å². The molecule has 174 valence electrons. The molecule has 1 aliphatic heterocycles. The number of fused-ring (bicyclic) bond motifs is 3. The molecule has 7 nitrogen and oxygen atoms in total. The highest BCUT2D eigenvalue weighted by atomic mass is 16.3. The smallest absolute Gasteiger partial charge is 0.253 e. The second-order valence-corrected chi connectivity index (χ2v) is 9.38. The predicted molar refractivity (Wildman–Crippen MR) is 126 cm³/mol. The van der Waals surface area contributed by atoms with Crippen LogP contribution in [0, 0.1) is 5.92 Å². The first-order valence-corrected chi connectivity index (χ1v) is 11.5. The van der Waals surface area contributed by atoms with Gasteiger partial charge >= 0.3 is 0 Å². The van der Waals surface area contributed by atoms with E-state index in [1.165, 1.54) is 0 Å². The third-order valence-corrected chi connectivity index (χ3v) is 6.83. The third-order valence-electron chi connectivity index (χ3n) is 6.83. The Morgan fingerprint density at radius 1 is 1.03 bits per heavy atom. The molecule has 7 heteroatoms. The molecule has 2 aromatic carbocycles. The molecule has 3 N–H and O–H groups in total. The van der Waals surface area contributed by atoms with Gasteiger partial charge in [-0.25, -0.2) is 0 Å². The van der Waals surface area contributed by atoms with Gasteiger partial charge in [0.2, 0.25) is 11.8 Å². The fourth-order valence-electron chi connectivity index (χ4n) is 4.84. The quantitative estimate of drug-likeness (QED) is 0.654. The van der Waals surface area contributed by atoms with Crippen molar-refractivity contribution in [3.05, 3.63) is 54.1 Å². The van der Waals surface area contributed by atoms with Crippen LogP contribution in [0.25, 0.3) is 11.1 Å². The number of carbonyl (C=O) groups excluding carboxylic acids is 3. The number of rotatable bonds is 5. The topological polar surface area (TPSA) is 98.7 Å². The summed E-state index contributed by atoms with van der Waals surface area (Å²) in [5.41, 5.74) is 2.16. The Hall–Kier alpha value is -3.19. The number of aliphatic hydroxyl groups is 1. The largest absolute Gasteiger partial charge is 0.383 e. The highest BCUT2D eigenvalue weighted by Gasteiger charge is 2.45. The zero-order chi connectivity index (χ0) is 23.8. The van der Waals surface area contributed by atoms with Gasteiger partial charge in [0.25, 0.3) is 5.91 Å². The molecular formula is C26H31N3O4. The first-order valence-electron chi connectivity index (χ1n) is 11.5. The number of aliphatic hydroxyl groups excluding tert-OH is 1. The third kappa shape index (κ3) is 4.13. The number of amides is 3. The predicted octanol–water partition coefficient (Wildman–Crippen LogP) is 2.93. The molecule has 1 saturated carbocycles. The van der Waals surface area contributed by atoms with E-state index in [4.69, 9.17) is 0 Å². The number of para-hydroxylation sites is 1. The Balaban J connectivity index is 1.68. The Labute approximate surface area is 194 Å². The maximum Gasteiger partial charge on any atom is 0.253 e. The van der Waals surface area contributed by atoms with Crippen LogP contribution >= 0.6 is 0 Å². The normalized spacial score (nSPS) is 20.0. The van der Waals surface area contributed by atoms with Crippen molar-refractivity contribution in [1.82, 2.24) is 10.6 Å². The van der Waals surface area contributed by atoms with Gasteiger partial charge in [-0.2, -0.15) is 0 Å². The molecule has 2 aliphatic rings. The zero-order valence-electron chi connectivity index (χ0n) is 19.3. The van der Waals surface area contributed by atoms with Crippen molar-refractivity contribution < 1.29 is 19.5 Å². The van der Waals surface area contributed by atoms with Crippen molar-refractivity contribution >= 4 is 23.4 Å². The monoisotopic (exact) mass is 449 g/mol. The fraction of sp³-hybridized carbons (Fsp3) is 0.423. The summed E-state index contributed by atoms with van der Waals surface area (Å²) >= 11 is 0. The highest BCUT2D eigenvalue weighted by molar-refractivity contribution is 6.06. The summed E-state index contributed by atoms with van der Waals surface area (Å²) in [7, 11) is 1.71. The zero-order valence-corrected chi connectivity index (χ0v) is 19.3. The molecule has 4 rings (SSSR count).